The van der Waals surface area contributed by atoms with Crippen LogP contribution in [0.25, 0.3) is 0 Å². The summed E-state index contributed by atoms with van der Waals surface area (Å²) in [4.78, 5) is 11.9. The Morgan fingerprint density at radius 1 is 1.30 bits per heavy atom. The zero-order valence-electron chi connectivity index (χ0n) is 10.3. The smallest absolute Gasteiger partial charge is 0.330 e. The van der Waals surface area contributed by atoms with Crippen LogP contribution in [0.4, 0.5) is 27.6 Å². The first kappa shape index (κ1) is 16.4. The summed E-state index contributed by atoms with van der Waals surface area (Å²) >= 11 is 0. The summed E-state index contributed by atoms with van der Waals surface area (Å²) in [5.41, 5.74) is 4.71. The normalized spacial score (nSPS) is 11.8. The van der Waals surface area contributed by atoms with Crippen molar-refractivity contribution >= 4 is 11.6 Å². The predicted molar refractivity (Wildman–Crippen MR) is 63.4 cm³/mol. The molecule has 0 saturated heterocycles. The van der Waals surface area contributed by atoms with Gasteiger partial charge in [0.1, 0.15) is 5.82 Å². The summed E-state index contributed by atoms with van der Waals surface area (Å²) in [6.07, 6.45) is -4.10. The van der Waals surface area contributed by atoms with E-state index in [0.717, 1.165) is 12.1 Å². The minimum atomic E-state index is -4.88. The van der Waals surface area contributed by atoms with E-state index in [0.29, 0.717) is 4.90 Å². The van der Waals surface area contributed by atoms with Gasteiger partial charge in [0.05, 0.1) is 5.69 Å². The molecule has 0 aliphatic heterocycles. The lowest BCUT2D eigenvalue weighted by molar-refractivity contribution is -0.166. The van der Waals surface area contributed by atoms with Crippen LogP contribution in [0.2, 0.25) is 0 Å². The quantitative estimate of drug-likeness (QED) is 0.819. The lowest BCUT2D eigenvalue weighted by atomic mass is 10.2. The highest BCUT2D eigenvalue weighted by molar-refractivity contribution is 5.98. The third-order valence-electron chi connectivity index (χ3n) is 2.53. The summed E-state index contributed by atoms with van der Waals surface area (Å²) in [7, 11) is 0. The van der Waals surface area contributed by atoms with Crippen LogP contribution in [0.3, 0.4) is 0 Å². The number of halogens is 5. The fourth-order valence-electron chi connectivity index (χ4n) is 1.52. The van der Waals surface area contributed by atoms with Crippen LogP contribution in [-0.2, 0) is 4.79 Å². The highest BCUT2D eigenvalue weighted by Crippen LogP contribution is 2.29. The number of hydrogen-bond acceptors (Lipinski definition) is 2. The van der Waals surface area contributed by atoms with Crippen molar-refractivity contribution in [3.8, 4) is 0 Å². The molecule has 1 rings (SSSR count). The fraction of sp³-hybridized carbons (Fsp3) is 0.417. The molecular formula is C12H13F5N2O. The average molecular weight is 296 g/mol. The Balaban J connectivity index is 3.13. The van der Waals surface area contributed by atoms with E-state index in [1.54, 1.807) is 0 Å². The van der Waals surface area contributed by atoms with Crippen molar-refractivity contribution in [2.75, 3.05) is 18.0 Å². The average Bonchev–Trinajstić information content (AvgIpc) is 2.40. The molecule has 0 aliphatic rings. The molecule has 0 heterocycles. The van der Waals surface area contributed by atoms with Crippen molar-refractivity contribution in [1.82, 2.24) is 0 Å². The van der Waals surface area contributed by atoms with Crippen molar-refractivity contribution < 1.29 is 26.7 Å². The molecule has 8 heteroatoms. The number of rotatable bonds is 6. The Hall–Kier alpha value is -1.70. The summed E-state index contributed by atoms with van der Waals surface area (Å²) < 4.78 is 64.3. The lowest BCUT2D eigenvalue weighted by Gasteiger charge is -2.27. The molecule has 0 bridgehead atoms. The van der Waals surface area contributed by atoms with Gasteiger partial charge in [0.15, 0.2) is 0 Å². The standard InChI is InChI=1S/C12H13F5N2O/c13-8-4-1-2-5-9(8)19(7-3-6-18)11(20)12(16,17)10(14)15/h1-2,4-5,10H,3,6-7,18H2. The van der Waals surface area contributed by atoms with Crippen molar-refractivity contribution in [2.24, 2.45) is 5.73 Å². The van der Waals surface area contributed by atoms with E-state index in [9.17, 15) is 26.7 Å². The number of carbonyl (C=O) groups excluding carboxylic acids is 1. The van der Waals surface area contributed by atoms with Gasteiger partial charge in [0.25, 0.3) is 0 Å². The monoisotopic (exact) mass is 296 g/mol. The van der Waals surface area contributed by atoms with Gasteiger partial charge in [0, 0.05) is 6.54 Å². The van der Waals surface area contributed by atoms with Crippen LogP contribution in [0, 0.1) is 5.82 Å². The van der Waals surface area contributed by atoms with Gasteiger partial charge in [-0.05, 0) is 25.1 Å². The van der Waals surface area contributed by atoms with Crippen LogP contribution in [-0.4, -0.2) is 31.3 Å². The van der Waals surface area contributed by atoms with Gasteiger partial charge in [-0.3, -0.25) is 4.79 Å². The van der Waals surface area contributed by atoms with Crippen molar-refractivity contribution in [3.63, 3.8) is 0 Å². The van der Waals surface area contributed by atoms with E-state index in [2.05, 4.69) is 0 Å². The summed E-state index contributed by atoms with van der Waals surface area (Å²) in [5.74, 6) is -7.98. The minimum Gasteiger partial charge on any atom is -0.330 e. The van der Waals surface area contributed by atoms with Crippen molar-refractivity contribution in [3.05, 3.63) is 30.1 Å². The molecule has 0 aliphatic carbocycles. The van der Waals surface area contributed by atoms with Crippen LogP contribution < -0.4 is 10.6 Å². The second kappa shape index (κ2) is 6.65. The molecule has 1 amide bonds. The van der Waals surface area contributed by atoms with Gasteiger partial charge >= 0.3 is 18.3 Å². The first-order valence-corrected chi connectivity index (χ1v) is 5.75. The number of para-hydroxylation sites is 1. The summed E-state index contributed by atoms with van der Waals surface area (Å²) in [6.45, 7) is -0.336. The molecule has 1 aromatic carbocycles. The Kier molecular flexibility index (Phi) is 5.43. The largest absolute Gasteiger partial charge is 0.384 e. The number of nitrogens with zero attached hydrogens (tertiary/aromatic N) is 1. The van der Waals surface area contributed by atoms with Crippen molar-refractivity contribution in [1.29, 1.82) is 0 Å². The Morgan fingerprint density at radius 2 is 1.90 bits per heavy atom. The Labute approximate surface area is 112 Å². The molecule has 0 fully saturated rings. The molecule has 0 spiro atoms. The zero-order valence-corrected chi connectivity index (χ0v) is 10.3. The van der Waals surface area contributed by atoms with Crippen LogP contribution in [0.5, 0.6) is 0 Å². The van der Waals surface area contributed by atoms with Gasteiger partial charge in [0.2, 0.25) is 0 Å². The highest BCUT2D eigenvalue weighted by atomic mass is 19.3. The maximum Gasteiger partial charge on any atom is 0.384 e. The molecule has 0 saturated carbocycles. The van der Waals surface area contributed by atoms with Gasteiger partial charge in [-0.1, -0.05) is 12.1 Å². The molecule has 0 unspecified atom stereocenters. The summed E-state index contributed by atoms with van der Waals surface area (Å²) in [5, 5.41) is 0. The first-order valence-electron chi connectivity index (χ1n) is 5.75. The van der Waals surface area contributed by atoms with Gasteiger partial charge in [-0.25, -0.2) is 13.2 Å². The molecule has 0 aromatic heterocycles. The second-order valence-corrected chi connectivity index (χ2v) is 3.97. The number of alkyl halides is 4. The molecular weight excluding hydrogens is 283 g/mol. The maximum atomic E-state index is 13.6. The van der Waals surface area contributed by atoms with Gasteiger partial charge < -0.3 is 10.6 Å². The first-order chi connectivity index (χ1) is 9.32. The number of benzene rings is 1. The predicted octanol–water partition coefficient (Wildman–Crippen LogP) is 2.41. The molecule has 112 valence electrons. The minimum absolute atomic E-state index is 0.0402. The third kappa shape index (κ3) is 3.44. The number of anilines is 1. The van der Waals surface area contributed by atoms with E-state index in [4.69, 9.17) is 5.73 Å². The molecule has 20 heavy (non-hydrogen) atoms. The number of hydrogen-bond donors (Lipinski definition) is 1. The maximum absolute atomic E-state index is 13.6. The SMILES string of the molecule is NCCCN(C(=O)C(F)(F)C(F)F)c1ccccc1F. The molecule has 0 atom stereocenters. The van der Waals surface area contributed by atoms with E-state index in [1.807, 2.05) is 0 Å². The van der Waals surface area contributed by atoms with Crippen LogP contribution >= 0.6 is 0 Å². The third-order valence-corrected chi connectivity index (χ3v) is 2.53. The van der Waals surface area contributed by atoms with E-state index in [1.165, 1.54) is 12.1 Å². The molecule has 3 nitrogen and oxygen atoms in total. The fourth-order valence-corrected chi connectivity index (χ4v) is 1.52. The summed E-state index contributed by atoms with van der Waals surface area (Å²) in [6, 6.07) is 4.60. The topological polar surface area (TPSA) is 46.3 Å². The zero-order chi connectivity index (χ0) is 15.3. The van der Waals surface area contributed by atoms with Gasteiger partial charge in [-0.2, -0.15) is 8.78 Å². The highest BCUT2D eigenvalue weighted by Gasteiger charge is 2.51. The molecule has 1 aromatic rings. The number of carbonyl (C=O) groups is 1. The number of nitrogens with two attached hydrogens (primary N) is 1. The Bertz CT molecular complexity index is 467. The van der Waals surface area contributed by atoms with E-state index < -0.39 is 29.8 Å². The van der Waals surface area contributed by atoms with Gasteiger partial charge in [-0.15, -0.1) is 0 Å². The van der Waals surface area contributed by atoms with E-state index in [-0.39, 0.29) is 19.5 Å². The Morgan fingerprint density at radius 3 is 2.40 bits per heavy atom. The number of amides is 1. The van der Waals surface area contributed by atoms with Crippen LogP contribution in [0.15, 0.2) is 24.3 Å². The van der Waals surface area contributed by atoms with Crippen molar-refractivity contribution in [2.45, 2.75) is 18.8 Å². The second-order valence-electron chi connectivity index (χ2n) is 3.97. The van der Waals surface area contributed by atoms with E-state index >= 15 is 0 Å². The van der Waals surface area contributed by atoms with Crippen LogP contribution in [0.1, 0.15) is 6.42 Å². The lowest BCUT2D eigenvalue weighted by Crippen LogP contribution is -2.48. The molecule has 0 radical (unpaired) electrons. The molecule has 2 N–H and O–H groups in total.